The van der Waals surface area contributed by atoms with Crippen molar-refractivity contribution in [2.24, 2.45) is 0 Å². The molecule has 1 saturated heterocycles. The minimum absolute atomic E-state index is 0.301. The molecule has 1 fully saturated rings. The number of anilines is 1. The van der Waals surface area contributed by atoms with Crippen molar-refractivity contribution in [1.29, 1.82) is 0 Å². The van der Waals surface area contributed by atoms with Crippen LogP contribution in [0.1, 0.15) is 12.8 Å². The zero-order valence-electron chi connectivity index (χ0n) is 9.53. The molecule has 1 aromatic rings. The largest absolute Gasteiger partial charge is 0.494 e. The van der Waals surface area contributed by atoms with Gasteiger partial charge in [-0.15, -0.1) is 0 Å². The van der Waals surface area contributed by atoms with Gasteiger partial charge < -0.3 is 20.5 Å². The van der Waals surface area contributed by atoms with E-state index in [1.165, 1.54) is 0 Å². The Morgan fingerprint density at radius 2 is 2.06 bits per heavy atom. The van der Waals surface area contributed by atoms with Crippen LogP contribution < -0.4 is 20.5 Å². The summed E-state index contributed by atoms with van der Waals surface area (Å²) in [5.41, 5.74) is 6.38. The summed E-state index contributed by atoms with van der Waals surface area (Å²) in [6, 6.07) is 5.55. The van der Waals surface area contributed by atoms with E-state index in [4.69, 9.17) is 15.2 Å². The first kappa shape index (κ1) is 11.1. The summed E-state index contributed by atoms with van der Waals surface area (Å²) in [7, 11) is 1.61. The van der Waals surface area contributed by atoms with Crippen molar-refractivity contribution in [2.45, 2.75) is 18.9 Å². The van der Waals surface area contributed by atoms with Crippen LogP contribution in [0.2, 0.25) is 0 Å². The van der Waals surface area contributed by atoms with E-state index in [2.05, 4.69) is 5.32 Å². The molecule has 88 valence electrons. The van der Waals surface area contributed by atoms with E-state index in [9.17, 15) is 0 Å². The van der Waals surface area contributed by atoms with Gasteiger partial charge in [0, 0.05) is 6.07 Å². The normalized spacial score (nSPS) is 17.1. The van der Waals surface area contributed by atoms with Crippen LogP contribution in [0, 0.1) is 0 Å². The fourth-order valence-electron chi connectivity index (χ4n) is 1.87. The zero-order valence-corrected chi connectivity index (χ0v) is 9.53. The Labute approximate surface area is 95.7 Å². The third-order valence-corrected chi connectivity index (χ3v) is 2.79. The highest BCUT2D eigenvalue weighted by Crippen LogP contribution is 2.27. The van der Waals surface area contributed by atoms with Gasteiger partial charge in [-0.1, -0.05) is 0 Å². The predicted octanol–water partition coefficient (Wildman–Crippen LogP) is 1.41. The average molecular weight is 222 g/mol. The molecule has 0 saturated carbocycles. The summed E-state index contributed by atoms with van der Waals surface area (Å²) < 4.78 is 11.0. The highest BCUT2D eigenvalue weighted by molar-refractivity contribution is 5.55. The lowest BCUT2D eigenvalue weighted by Crippen LogP contribution is -2.34. The number of piperidine rings is 1. The van der Waals surface area contributed by atoms with Crippen LogP contribution in [0.4, 0.5) is 5.69 Å². The zero-order chi connectivity index (χ0) is 11.4. The molecule has 0 aliphatic carbocycles. The van der Waals surface area contributed by atoms with E-state index >= 15 is 0 Å². The summed E-state index contributed by atoms with van der Waals surface area (Å²) in [5, 5.41) is 3.31. The van der Waals surface area contributed by atoms with E-state index in [0.717, 1.165) is 31.7 Å². The van der Waals surface area contributed by atoms with Gasteiger partial charge in [0.25, 0.3) is 0 Å². The minimum atomic E-state index is 0.301. The summed E-state index contributed by atoms with van der Waals surface area (Å²) in [5.74, 6) is 1.50. The second-order valence-electron chi connectivity index (χ2n) is 3.97. The van der Waals surface area contributed by atoms with Crippen LogP contribution in [0.15, 0.2) is 18.2 Å². The second kappa shape index (κ2) is 5.07. The second-order valence-corrected chi connectivity index (χ2v) is 3.97. The highest BCUT2D eigenvalue weighted by Gasteiger charge is 2.14. The SMILES string of the molecule is COc1cc(OC2CCNCC2)ccc1N. The average Bonchev–Trinajstić information content (AvgIpc) is 2.33. The van der Waals surface area contributed by atoms with Crippen molar-refractivity contribution in [1.82, 2.24) is 5.32 Å². The van der Waals surface area contributed by atoms with Gasteiger partial charge in [0.05, 0.1) is 12.8 Å². The molecule has 0 aromatic heterocycles. The Morgan fingerprint density at radius 1 is 1.31 bits per heavy atom. The summed E-state index contributed by atoms with van der Waals surface area (Å²) >= 11 is 0. The maximum absolute atomic E-state index is 5.88. The van der Waals surface area contributed by atoms with E-state index in [1.807, 2.05) is 18.2 Å². The molecule has 0 atom stereocenters. The van der Waals surface area contributed by atoms with Crippen molar-refractivity contribution in [2.75, 3.05) is 25.9 Å². The summed E-state index contributed by atoms with van der Waals surface area (Å²) in [4.78, 5) is 0. The summed E-state index contributed by atoms with van der Waals surface area (Å²) in [6.07, 6.45) is 2.40. The molecular weight excluding hydrogens is 204 g/mol. The monoisotopic (exact) mass is 222 g/mol. The molecule has 0 unspecified atom stereocenters. The molecule has 1 heterocycles. The molecule has 2 rings (SSSR count). The number of benzene rings is 1. The molecule has 0 amide bonds. The first-order chi connectivity index (χ1) is 7.79. The lowest BCUT2D eigenvalue weighted by Gasteiger charge is -2.24. The predicted molar refractivity (Wildman–Crippen MR) is 63.9 cm³/mol. The van der Waals surface area contributed by atoms with Crippen LogP contribution >= 0.6 is 0 Å². The van der Waals surface area contributed by atoms with Gasteiger partial charge in [-0.3, -0.25) is 0 Å². The lowest BCUT2D eigenvalue weighted by atomic mass is 10.1. The van der Waals surface area contributed by atoms with Crippen LogP contribution in [-0.4, -0.2) is 26.3 Å². The number of ether oxygens (including phenoxy) is 2. The van der Waals surface area contributed by atoms with Crippen molar-refractivity contribution < 1.29 is 9.47 Å². The van der Waals surface area contributed by atoms with E-state index in [0.29, 0.717) is 17.5 Å². The molecular formula is C12H18N2O2. The molecule has 0 spiro atoms. The Kier molecular flexibility index (Phi) is 3.51. The van der Waals surface area contributed by atoms with E-state index in [1.54, 1.807) is 7.11 Å². The van der Waals surface area contributed by atoms with E-state index < -0.39 is 0 Å². The third-order valence-electron chi connectivity index (χ3n) is 2.79. The number of rotatable bonds is 3. The topological polar surface area (TPSA) is 56.5 Å². The smallest absolute Gasteiger partial charge is 0.145 e. The lowest BCUT2D eigenvalue weighted by molar-refractivity contribution is 0.162. The first-order valence-electron chi connectivity index (χ1n) is 5.60. The molecule has 0 radical (unpaired) electrons. The molecule has 16 heavy (non-hydrogen) atoms. The number of hydrogen-bond acceptors (Lipinski definition) is 4. The molecule has 4 heteroatoms. The number of methoxy groups -OCH3 is 1. The van der Waals surface area contributed by atoms with E-state index in [-0.39, 0.29) is 0 Å². The third kappa shape index (κ3) is 2.58. The standard InChI is InChI=1S/C12H18N2O2/c1-15-12-8-10(2-3-11(12)13)16-9-4-6-14-7-5-9/h2-3,8-9,14H,4-7,13H2,1H3. The van der Waals surface area contributed by atoms with Crippen molar-refractivity contribution >= 4 is 5.69 Å². The van der Waals surface area contributed by atoms with Gasteiger partial charge in [-0.25, -0.2) is 0 Å². The molecule has 1 aliphatic rings. The molecule has 1 aliphatic heterocycles. The Bertz CT molecular complexity index is 349. The van der Waals surface area contributed by atoms with Gasteiger partial charge in [0.1, 0.15) is 17.6 Å². The molecule has 4 nitrogen and oxygen atoms in total. The quantitative estimate of drug-likeness (QED) is 0.759. The minimum Gasteiger partial charge on any atom is -0.494 e. The molecule has 1 aromatic carbocycles. The fraction of sp³-hybridized carbons (Fsp3) is 0.500. The van der Waals surface area contributed by atoms with Gasteiger partial charge in [0.2, 0.25) is 0 Å². The van der Waals surface area contributed by atoms with Crippen LogP contribution in [0.3, 0.4) is 0 Å². The number of nitrogens with two attached hydrogens (primary N) is 1. The molecule has 0 bridgehead atoms. The maximum Gasteiger partial charge on any atom is 0.145 e. The van der Waals surface area contributed by atoms with Crippen LogP contribution in [0.5, 0.6) is 11.5 Å². The number of hydrogen-bond donors (Lipinski definition) is 2. The first-order valence-corrected chi connectivity index (χ1v) is 5.60. The Hall–Kier alpha value is -1.42. The number of nitrogens with one attached hydrogen (secondary N) is 1. The van der Waals surface area contributed by atoms with Crippen LogP contribution in [0.25, 0.3) is 0 Å². The van der Waals surface area contributed by atoms with Crippen molar-refractivity contribution in [3.8, 4) is 11.5 Å². The summed E-state index contributed by atoms with van der Waals surface area (Å²) in [6.45, 7) is 2.05. The van der Waals surface area contributed by atoms with Gasteiger partial charge in [-0.2, -0.15) is 0 Å². The maximum atomic E-state index is 5.88. The van der Waals surface area contributed by atoms with Gasteiger partial charge in [-0.05, 0) is 38.1 Å². The fourth-order valence-corrected chi connectivity index (χ4v) is 1.87. The van der Waals surface area contributed by atoms with Gasteiger partial charge in [0.15, 0.2) is 0 Å². The van der Waals surface area contributed by atoms with Crippen LogP contribution in [-0.2, 0) is 0 Å². The van der Waals surface area contributed by atoms with Crippen molar-refractivity contribution in [3.05, 3.63) is 18.2 Å². The number of nitrogen functional groups attached to an aromatic ring is 1. The van der Waals surface area contributed by atoms with Crippen molar-refractivity contribution in [3.63, 3.8) is 0 Å². The molecule has 3 N–H and O–H groups in total. The Morgan fingerprint density at radius 3 is 2.75 bits per heavy atom. The van der Waals surface area contributed by atoms with Gasteiger partial charge >= 0.3 is 0 Å². The Balaban J connectivity index is 2.03. The highest BCUT2D eigenvalue weighted by atomic mass is 16.5.